The van der Waals surface area contributed by atoms with E-state index in [1.807, 2.05) is 60.7 Å². The van der Waals surface area contributed by atoms with Crippen LogP contribution in [0.25, 0.3) is 5.76 Å². The monoisotopic (exact) mass is 497 g/mol. The molecule has 4 rings (SSSR count). The van der Waals surface area contributed by atoms with Crippen molar-refractivity contribution < 1.29 is 19.4 Å². The Balaban J connectivity index is 1.80. The van der Waals surface area contributed by atoms with Gasteiger partial charge in [0.2, 0.25) is 0 Å². The highest BCUT2D eigenvalue weighted by atomic mass is 16.5. The second-order valence-electron chi connectivity index (χ2n) is 10.5. The number of aliphatic hydroxyl groups is 1. The Morgan fingerprint density at radius 1 is 0.946 bits per heavy atom. The van der Waals surface area contributed by atoms with Gasteiger partial charge in [0.1, 0.15) is 11.5 Å². The first kappa shape index (κ1) is 26.2. The van der Waals surface area contributed by atoms with Gasteiger partial charge in [-0.15, -0.1) is 0 Å². The van der Waals surface area contributed by atoms with Crippen LogP contribution in [-0.4, -0.2) is 28.3 Å². The van der Waals surface area contributed by atoms with Crippen LogP contribution in [0.15, 0.2) is 84.4 Å². The van der Waals surface area contributed by atoms with Crippen molar-refractivity contribution >= 4 is 17.4 Å². The molecule has 0 aliphatic carbocycles. The lowest BCUT2D eigenvalue weighted by Gasteiger charge is -2.26. The maximum absolute atomic E-state index is 13.4. The molecule has 5 heteroatoms. The molecule has 1 aliphatic heterocycles. The number of nitrogens with zero attached hydrogens (tertiary/aromatic N) is 1. The fourth-order valence-corrected chi connectivity index (χ4v) is 4.56. The molecule has 1 unspecified atom stereocenters. The summed E-state index contributed by atoms with van der Waals surface area (Å²) in [6.45, 7) is 9.33. The summed E-state index contributed by atoms with van der Waals surface area (Å²) >= 11 is 0. The number of unbranched alkanes of at least 4 members (excludes halogenated alkanes) is 1. The Hall–Kier alpha value is -3.86. The van der Waals surface area contributed by atoms with Crippen LogP contribution >= 0.6 is 0 Å². The molecule has 37 heavy (non-hydrogen) atoms. The maximum atomic E-state index is 13.4. The lowest BCUT2D eigenvalue weighted by Crippen LogP contribution is -2.29. The van der Waals surface area contributed by atoms with Crippen molar-refractivity contribution in [3.8, 4) is 5.75 Å². The molecule has 1 fully saturated rings. The zero-order valence-electron chi connectivity index (χ0n) is 22.0. The van der Waals surface area contributed by atoms with E-state index >= 15 is 0 Å². The van der Waals surface area contributed by atoms with Crippen molar-refractivity contribution in [3.63, 3.8) is 0 Å². The van der Waals surface area contributed by atoms with Crippen molar-refractivity contribution in [3.05, 3.63) is 107 Å². The summed E-state index contributed by atoms with van der Waals surface area (Å²) in [5.41, 5.74) is 3.33. The number of ketones is 1. The molecular weight excluding hydrogens is 462 g/mol. The van der Waals surface area contributed by atoms with Crippen LogP contribution in [0.4, 0.5) is 0 Å². The van der Waals surface area contributed by atoms with Gasteiger partial charge in [-0.3, -0.25) is 9.59 Å². The third-order valence-electron chi connectivity index (χ3n) is 6.70. The quantitative estimate of drug-likeness (QED) is 0.161. The number of likely N-dealkylation sites (tertiary alicyclic amines) is 1. The summed E-state index contributed by atoms with van der Waals surface area (Å²) in [6, 6.07) is 23.9. The lowest BCUT2D eigenvalue weighted by atomic mass is 9.85. The van der Waals surface area contributed by atoms with Gasteiger partial charge < -0.3 is 14.7 Å². The second kappa shape index (κ2) is 11.0. The fraction of sp³-hybridized carbons (Fsp3) is 0.312. The van der Waals surface area contributed by atoms with E-state index in [2.05, 4.69) is 27.7 Å². The summed E-state index contributed by atoms with van der Waals surface area (Å²) in [5, 5.41) is 11.4. The molecule has 3 aromatic carbocycles. The van der Waals surface area contributed by atoms with Gasteiger partial charge in [0.05, 0.1) is 18.2 Å². The number of rotatable bonds is 8. The van der Waals surface area contributed by atoms with E-state index < -0.39 is 17.7 Å². The van der Waals surface area contributed by atoms with Gasteiger partial charge in [-0.1, -0.05) is 101 Å². The number of hydrogen-bond acceptors (Lipinski definition) is 4. The molecule has 3 aromatic rings. The highest BCUT2D eigenvalue weighted by molar-refractivity contribution is 6.46. The summed E-state index contributed by atoms with van der Waals surface area (Å²) in [4.78, 5) is 28.3. The van der Waals surface area contributed by atoms with Gasteiger partial charge in [-0.2, -0.15) is 0 Å². The van der Waals surface area contributed by atoms with Crippen LogP contribution in [0.1, 0.15) is 68.8 Å². The van der Waals surface area contributed by atoms with E-state index in [1.54, 1.807) is 23.1 Å². The third-order valence-corrected chi connectivity index (χ3v) is 6.70. The highest BCUT2D eigenvalue weighted by Crippen LogP contribution is 2.41. The Bertz CT molecular complexity index is 1290. The van der Waals surface area contributed by atoms with Crippen LogP contribution in [0.5, 0.6) is 5.75 Å². The van der Waals surface area contributed by atoms with E-state index in [0.29, 0.717) is 17.9 Å². The minimum Gasteiger partial charge on any atom is -0.507 e. The molecule has 1 heterocycles. The van der Waals surface area contributed by atoms with Gasteiger partial charge in [-0.25, -0.2) is 0 Å². The first-order valence-corrected chi connectivity index (χ1v) is 12.9. The topological polar surface area (TPSA) is 66.8 Å². The van der Waals surface area contributed by atoms with Crippen LogP contribution in [0, 0.1) is 0 Å². The van der Waals surface area contributed by atoms with Gasteiger partial charge in [0.15, 0.2) is 0 Å². The zero-order chi connectivity index (χ0) is 26.6. The highest BCUT2D eigenvalue weighted by Gasteiger charge is 2.46. The molecule has 1 N–H and O–H groups in total. The number of amides is 1. The predicted molar refractivity (Wildman–Crippen MR) is 146 cm³/mol. The summed E-state index contributed by atoms with van der Waals surface area (Å²) in [5.74, 6) is -0.886. The number of Topliss-reactive ketones (excluding diaryl/α,β-unsaturated/α-hetero) is 1. The molecule has 1 atom stereocenters. The number of carbonyl (C=O) groups excluding carboxylic acids is 2. The Morgan fingerprint density at radius 2 is 1.65 bits per heavy atom. The summed E-state index contributed by atoms with van der Waals surface area (Å²) in [6.07, 6.45) is 1.93. The molecule has 1 saturated heterocycles. The van der Waals surface area contributed by atoms with Crippen molar-refractivity contribution in [1.29, 1.82) is 0 Å². The lowest BCUT2D eigenvalue weighted by molar-refractivity contribution is -0.140. The number of hydrogen-bond donors (Lipinski definition) is 1. The molecule has 0 spiro atoms. The largest absolute Gasteiger partial charge is 0.507 e. The summed E-state index contributed by atoms with van der Waals surface area (Å²) < 4.78 is 5.81. The van der Waals surface area contributed by atoms with Gasteiger partial charge in [-0.05, 0) is 40.7 Å². The maximum Gasteiger partial charge on any atom is 0.295 e. The smallest absolute Gasteiger partial charge is 0.295 e. The van der Waals surface area contributed by atoms with Crippen molar-refractivity contribution in [2.24, 2.45) is 0 Å². The molecule has 5 nitrogen and oxygen atoms in total. The number of benzene rings is 3. The first-order valence-electron chi connectivity index (χ1n) is 12.9. The van der Waals surface area contributed by atoms with Crippen LogP contribution in [-0.2, 0) is 21.5 Å². The normalized spacial score (nSPS) is 17.3. The first-order chi connectivity index (χ1) is 17.7. The summed E-state index contributed by atoms with van der Waals surface area (Å²) in [7, 11) is 0. The van der Waals surface area contributed by atoms with Gasteiger partial charge in [0.25, 0.3) is 11.7 Å². The molecule has 192 valence electrons. The van der Waals surface area contributed by atoms with Crippen molar-refractivity contribution in [2.75, 3.05) is 6.61 Å². The molecule has 1 aliphatic rings. The average Bonchev–Trinajstić information content (AvgIpc) is 3.14. The molecule has 0 radical (unpaired) electrons. The Labute approximate surface area is 219 Å². The molecular formula is C32H35NO4. The van der Waals surface area contributed by atoms with E-state index in [0.717, 1.165) is 29.5 Å². The van der Waals surface area contributed by atoms with Gasteiger partial charge >= 0.3 is 0 Å². The van der Waals surface area contributed by atoms with Crippen LogP contribution in [0.3, 0.4) is 0 Å². The Morgan fingerprint density at radius 3 is 2.30 bits per heavy atom. The van der Waals surface area contributed by atoms with E-state index in [-0.39, 0.29) is 23.3 Å². The van der Waals surface area contributed by atoms with Crippen molar-refractivity contribution in [2.45, 2.75) is 58.5 Å². The van der Waals surface area contributed by atoms with Crippen LogP contribution in [0.2, 0.25) is 0 Å². The number of ether oxygens (including phenoxy) is 1. The van der Waals surface area contributed by atoms with Crippen LogP contribution < -0.4 is 4.74 Å². The van der Waals surface area contributed by atoms with E-state index in [4.69, 9.17) is 4.74 Å². The average molecular weight is 498 g/mol. The number of carbonyl (C=O) groups is 2. The SMILES string of the molecule is CCCCOc1cccc(/C(O)=C2\C(=O)C(=O)N(Cc3ccccc3)C2c2ccc(C(C)(C)C)cc2)c1. The third kappa shape index (κ3) is 5.77. The predicted octanol–water partition coefficient (Wildman–Crippen LogP) is 6.78. The fourth-order valence-electron chi connectivity index (χ4n) is 4.56. The van der Waals surface area contributed by atoms with E-state index in [9.17, 15) is 14.7 Å². The standard InChI is InChI=1S/C32H35NO4/c1-5-6-19-37-26-14-10-13-24(20-26)29(34)27-28(23-15-17-25(18-16-23)32(2,3)4)33(31(36)30(27)35)21-22-11-8-7-9-12-22/h7-18,20,28,34H,5-6,19,21H2,1-4H3/b29-27+. The molecule has 0 bridgehead atoms. The Kier molecular flexibility index (Phi) is 7.82. The zero-order valence-corrected chi connectivity index (χ0v) is 22.0. The molecule has 0 aromatic heterocycles. The molecule has 0 saturated carbocycles. The minimum atomic E-state index is -0.709. The van der Waals surface area contributed by atoms with Crippen molar-refractivity contribution in [1.82, 2.24) is 4.90 Å². The number of aliphatic hydroxyl groups excluding tert-OH is 1. The second-order valence-corrected chi connectivity index (χ2v) is 10.5. The van der Waals surface area contributed by atoms with Gasteiger partial charge in [0, 0.05) is 12.1 Å². The van der Waals surface area contributed by atoms with E-state index in [1.165, 1.54) is 0 Å². The molecule has 1 amide bonds. The minimum absolute atomic E-state index is 0.0391.